The highest BCUT2D eigenvalue weighted by atomic mass is 32.2. The lowest BCUT2D eigenvalue weighted by atomic mass is 10.2. The van der Waals surface area contributed by atoms with Gasteiger partial charge in [0, 0.05) is 22.6 Å². The zero-order valence-corrected chi connectivity index (χ0v) is 19.8. The Balaban J connectivity index is 1.64. The van der Waals surface area contributed by atoms with Gasteiger partial charge in [0.05, 0.1) is 11.5 Å². The average Bonchev–Trinajstić information content (AvgIpc) is 2.76. The van der Waals surface area contributed by atoms with E-state index in [2.05, 4.69) is 26.9 Å². The predicted molar refractivity (Wildman–Crippen MR) is 128 cm³/mol. The van der Waals surface area contributed by atoms with Crippen molar-refractivity contribution in [2.24, 2.45) is 0 Å². The maximum atomic E-state index is 12.7. The van der Waals surface area contributed by atoms with Crippen molar-refractivity contribution in [2.45, 2.75) is 44.9 Å². The van der Waals surface area contributed by atoms with Crippen LogP contribution in [-0.2, 0) is 10.0 Å². The van der Waals surface area contributed by atoms with Crippen LogP contribution in [0, 0.1) is 13.8 Å². The van der Waals surface area contributed by atoms with Crippen molar-refractivity contribution in [2.75, 3.05) is 16.6 Å². The molecule has 1 heterocycles. The molecule has 174 valence electrons. The smallest absolute Gasteiger partial charge is 0.264 e. The second-order valence-electron chi connectivity index (χ2n) is 7.64. The first kappa shape index (κ1) is 24.2. The first-order valence-electron chi connectivity index (χ1n) is 10.8. The fraction of sp³-hybridized carbons (Fsp3) is 0.292. The van der Waals surface area contributed by atoms with Gasteiger partial charge in [0.15, 0.2) is 0 Å². The van der Waals surface area contributed by atoms with Crippen molar-refractivity contribution in [1.29, 1.82) is 0 Å². The Morgan fingerprint density at radius 2 is 1.67 bits per heavy atom. The summed E-state index contributed by atoms with van der Waals surface area (Å²) in [4.78, 5) is 20.9. The zero-order chi connectivity index (χ0) is 23.8. The minimum Gasteiger partial charge on any atom is -0.494 e. The molecule has 0 spiro atoms. The van der Waals surface area contributed by atoms with E-state index >= 15 is 0 Å². The van der Waals surface area contributed by atoms with Crippen molar-refractivity contribution in [3.8, 4) is 5.75 Å². The van der Waals surface area contributed by atoms with E-state index in [1.807, 2.05) is 6.07 Å². The number of unbranched alkanes of at least 4 members (excludes halogenated alkanes) is 2. The van der Waals surface area contributed by atoms with Crippen LogP contribution in [0.1, 0.15) is 47.9 Å². The van der Waals surface area contributed by atoms with Gasteiger partial charge in [-0.15, -0.1) is 0 Å². The Morgan fingerprint density at radius 1 is 0.970 bits per heavy atom. The normalized spacial score (nSPS) is 11.1. The SMILES string of the molecule is CCCCCOc1cccc(C(=O)Nc2ccc(S(=O)(=O)Nc3nc(C)cc(C)n3)cc2)c1. The second kappa shape index (κ2) is 10.9. The number of carbonyl (C=O) groups is 1. The van der Waals surface area contributed by atoms with E-state index in [4.69, 9.17) is 4.74 Å². The number of aromatic nitrogens is 2. The van der Waals surface area contributed by atoms with Crippen molar-refractivity contribution < 1.29 is 17.9 Å². The van der Waals surface area contributed by atoms with Gasteiger partial charge in [-0.25, -0.2) is 23.1 Å². The number of amides is 1. The molecule has 0 atom stereocenters. The molecule has 0 saturated heterocycles. The number of anilines is 2. The average molecular weight is 469 g/mol. The minimum absolute atomic E-state index is 0.0154. The number of carbonyl (C=O) groups excluding carboxylic acids is 1. The third-order valence-corrected chi connectivity index (χ3v) is 6.09. The molecule has 0 aliphatic rings. The number of benzene rings is 2. The number of ether oxygens (including phenoxy) is 1. The molecule has 0 aliphatic heterocycles. The Hall–Kier alpha value is -3.46. The second-order valence-corrected chi connectivity index (χ2v) is 9.32. The molecular weight excluding hydrogens is 440 g/mol. The predicted octanol–water partition coefficient (Wildman–Crippen LogP) is 4.72. The van der Waals surface area contributed by atoms with Gasteiger partial charge in [-0.05, 0) is 68.8 Å². The molecule has 2 aromatic carbocycles. The highest BCUT2D eigenvalue weighted by Gasteiger charge is 2.16. The molecule has 0 saturated carbocycles. The lowest BCUT2D eigenvalue weighted by Gasteiger charge is -2.10. The molecule has 0 aliphatic carbocycles. The van der Waals surface area contributed by atoms with E-state index < -0.39 is 10.0 Å². The summed E-state index contributed by atoms with van der Waals surface area (Å²) in [7, 11) is -3.87. The first-order valence-corrected chi connectivity index (χ1v) is 12.2. The molecule has 3 aromatic rings. The molecule has 8 nitrogen and oxygen atoms in total. The zero-order valence-electron chi connectivity index (χ0n) is 19.0. The molecule has 1 amide bonds. The third kappa shape index (κ3) is 7.01. The summed E-state index contributed by atoms with van der Waals surface area (Å²) in [5.74, 6) is 0.341. The van der Waals surface area contributed by atoms with Crippen LogP contribution in [0.5, 0.6) is 5.75 Å². The molecule has 1 aromatic heterocycles. The third-order valence-electron chi connectivity index (χ3n) is 4.74. The largest absolute Gasteiger partial charge is 0.494 e. The van der Waals surface area contributed by atoms with Gasteiger partial charge in [-0.3, -0.25) is 4.79 Å². The van der Waals surface area contributed by atoms with Crippen molar-refractivity contribution in [3.63, 3.8) is 0 Å². The number of hydrogen-bond acceptors (Lipinski definition) is 6. The van der Waals surface area contributed by atoms with Crippen LogP contribution >= 0.6 is 0 Å². The number of hydrogen-bond donors (Lipinski definition) is 2. The summed E-state index contributed by atoms with van der Waals surface area (Å²) in [6.07, 6.45) is 3.17. The van der Waals surface area contributed by atoms with Crippen LogP contribution < -0.4 is 14.8 Å². The standard InChI is InChI=1S/C24H28N4O4S/c1-4-5-6-14-32-21-9-7-8-19(16-21)23(29)27-20-10-12-22(13-11-20)33(30,31)28-24-25-17(2)15-18(3)26-24/h7-13,15-16H,4-6,14H2,1-3H3,(H,27,29)(H,25,26,28). The highest BCUT2D eigenvalue weighted by Crippen LogP contribution is 2.19. The summed E-state index contributed by atoms with van der Waals surface area (Å²) in [6, 6.07) is 14.6. The molecule has 9 heteroatoms. The number of nitrogens with zero attached hydrogens (tertiary/aromatic N) is 2. The Kier molecular flexibility index (Phi) is 8.00. The van der Waals surface area contributed by atoms with Gasteiger partial charge in [0.2, 0.25) is 5.95 Å². The fourth-order valence-electron chi connectivity index (χ4n) is 3.14. The fourth-order valence-corrected chi connectivity index (χ4v) is 4.08. The molecule has 3 rings (SSSR count). The Labute approximate surface area is 194 Å². The van der Waals surface area contributed by atoms with Crippen LogP contribution in [0.3, 0.4) is 0 Å². The maximum absolute atomic E-state index is 12.7. The highest BCUT2D eigenvalue weighted by molar-refractivity contribution is 7.92. The van der Waals surface area contributed by atoms with Gasteiger partial charge in [-0.2, -0.15) is 0 Å². The van der Waals surface area contributed by atoms with E-state index in [1.54, 1.807) is 38.1 Å². The molecule has 0 radical (unpaired) electrons. The van der Waals surface area contributed by atoms with Crippen LogP contribution in [-0.4, -0.2) is 30.9 Å². The van der Waals surface area contributed by atoms with Crippen LogP contribution in [0.2, 0.25) is 0 Å². The molecule has 33 heavy (non-hydrogen) atoms. The number of sulfonamides is 1. The number of nitrogens with one attached hydrogen (secondary N) is 2. The van der Waals surface area contributed by atoms with E-state index in [0.29, 0.717) is 35.0 Å². The molecule has 0 fully saturated rings. The van der Waals surface area contributed by atoms with Gasteiger partial charge in [0.25, 0.3) is 15.9 Å². The monoisotopic (exact) mass is 468 g/mol. The maximum Gasteiger partial charge on any atom is 0.264 e. The van der Waals surface area contributed by atoms with Gasteiger partial charge < -0.3 is 10.1 Å². The van der Waals surface area contributed by atoms with E-state index in [9.17, 15) is 13.2 Å². The van der Waals surface area contributed by atoms with Crippen molar-refractivity contribution in [3.05, 3.63) is 71.5 Å². The molecule has 0 bridgehead atoms. The topological polar surface area (TPSA) is 110 Å². The minimum atomic E-state index is -3.87. The van der Waals surface area contributed by atoms with Gasteiger partial charge >= 0.3 is 0 Å². The van der Waals surface area contributed by atoms with Crippen molar-refractivity contribution >= 4 is 27.6 Å². The first-order chi connectivity index (χ1) is 15.8. The summed E-state index contributed by atoms with van der Waals surface area (Å²) in [5, 5.41) is 2.77. The van der Waals surface area contributed by atoms with E-state index in [-0.39, 0.29) is 16.8 Å². The number of aryl methyl sites for hydroxylation is 2. The molecule has 0 unspecified atom stereocenters. The summed E-state index contributed by atoms with van der Waals surface area (Å²) in [5.41, 5.74) is 2.24. The van der Waals surface area contributed by atoms with E-state index in [1.165, 1.54) is 24.3 Å². The summed E-state index contributed by atoms with van der Waals surface area (Å²) in [6.45, 7) is 6.26. The lowest BCUT2D eigenvalue weighted by Crippen LogP contribution is -2.16. The molecular formula is C24H28N4O4S. The van der Waals surface area contributed by atoms with Crippen molar-refractivity contribution in [1.82, 2.24) is 9.97 Å². The Bertz CT molecular complexity index is 1190. The summed E-state index contributed by atoms with van der Waals surface area (Å²) >= 11 is 0. The van der Waals surface area contributed by atoms with E-state index in [0.717, 1.165) is 19.3 Å². The quantitative estimate of drug-likeness (QED) is 0.417. The number of rotatable bonds is 10. The van der Waals surface area contributed by atoms with Gasteiger partial charge in [0.1, 0.15) is 5.75 Å². The Morgan fingerprint density at radius 3 is 2.33 bits per heavy atom. The molecule has 2 N–H and O–H groups in total. The van der Waals surface area contributed by atoms with Gasteiger partial charge in [-0.1, -0.05) is 25.8 Å². The summed E-state index contributed by atoms with van der Waals surface area (Å²) < 4.78 is 33.4. The van der Waals surface area contributed by atoms with Crippen LogP contribution in [0.4, 0.5) is 11.6 Å². The lowest BCUT2D eigenvalue weighted by molar-refractivity contribution is 0.102. The van der Waals surface area contributed by atoms with Crippen LogP contribution in [0.15, 0.2) is 59.5 Å². The van der Waals surface area contributed by atoms with Crippen LogP contribution in [0.25, 0.3) is 0 Å².